The number of ether oxygens (including phenoxy) is 3. The van der Waals surface area contributed by atoms with Gasteiger partial charge in [-0.1, -0.05) is 12.1 Å². The first-order chi connectivity index (χ1) is 17.5. The maximum Gasteiger partial charge on any atom is 0.251 e. The van der Waals surface area contributed by atoms with Crippen LogP contribution in [0.25, 0.3) is 0 Å². The summed E-state index contributed by atoms with van der Waals surface area (Å²) in [7, 11) is 0. The van der Waals surface area contributed by atoms with Crippen molar-refractivity contribution in [3.63, 3.8) is 0 Å². The standard InChI is InChI=1S/C25H29N5O6/c26-18-2-1-3-20(15-18)36-13-12-35-11-10-34-9-8-27-19-4-5-21-17(14-19)16-28-30(25(21)33)22-6-7-23(31)29-24(22)32/h3-5,14-16,22,25,27,33H,6-13,26H2,(H,29,31,32). The molecule has 2 atom stereocenters. The van der Waals surface area contributed by atoms with Gasteiger partial charge in [0.2, 0.25) is 5.91 Å². The fourth-order valence-corrected chi connectivity index (χ4v) is 3.86. The summed E-state index contributed by atoms with van der Waals surface area (Å²) in [4.78, 5) is 23.5. The van der Waals surface area contributed by atoms with Gasteiger partial charge in [0.1, 0.15) is 18.4 Å². The molecule has 0 spiro atoms. The fraction of sp³-hybridized carbons (Fsp3) is 0.400. The summed E-state index contributed by atoms with van der Waals surface area (Å²) in [5.41, 5.74) is 8.35. The summed E-state index contributed by atoms with van der Waals surface area (Å²) in [5, 5.41) is 21.9. The second kappa shape index (κ2) is 12.2. The van der Waals surface area contributed by atoms with Crippen LogP contribution in [0.15, 0.2) is 35.4 Å². The molecule has 11 heteroatoms. The van der Waals surface area contributed by atoms with Gasteiger partial charge in [-0.05, 0) is 24.6 Å². The number of aliphatic hydroxyl groups is 1. The second-order valence-electron chi connectivity index (χ2n) is 8.22. The largest absolute Gasteiger partial charge is 0.490 e. The van der Waals surface area contributed by atoms with Gasteiger partial charge in [0, 0.05) is 41.9 Å². The van der Waals surface area contributed by atoms with E-state index in [0.717, 1.165) is 11.3 Å². The van der Waals surface area contributed by atoms with Crippen molar-refractivity contribution in [2.75, 3.05) is 50.6 Å². The summed E-state index contributed by atoms with van der Waals surface area (Å²) in [6.45, 7) is 2.84. The number of anilines is 2. The third-order valence-corrected chi connectivity index (χ3v) is 5.65. The van der Waals surface area contributed by atoms with E-state index in [9.17, 15) is 14.7 Å². The summed E-state index contributed by atoms with van der Waals surface area (Å²) >= 11 is 0. The van der Waals surface area contributed by atoms with Crippen LogP contribution in [0.3, 0.4) is 0 Å². The normalized spacial score (nSPS) is 18.9. The predicted octanol–water partition coefficient (Wildman–Crippen LogP) is 0.839. The number of imide groups is 1. The number of rotatable bonds is 12. The zero-order valence-corrected chi connectivity index (χ0v) is 19.7. The van der Waals surface area contributed by atoms with Gasteiger partial charge in [0.15, 0.2) is 6.23 Å². The second-order valence-corrected chi connectivity index (χ2v) is 8.22. The third kappa shape index (κ3) is 6.63. The first-order valence-electron chi connectivity index (χ1n) is 11.7. The Bertz CT molecular complexity index is 1090. The first-order valence-corrected chi connectivity index (χ1v) is 11.7. The molecule has 0 saturated carbocycles. The molecule has 0 aliphatic carbocycles. The van der Waals surface area contributed by atoms with Gasteiger partial charge in [0.25, 0.3) is 5.91 Å². The molecule has 2 aromatic carbocycles. The minimum Gasteiger partial charge on any atom is -0.490 e. The molecule has 2 unspecified atom stereocenters. The molecular weight excluding hydrogens is 466 g/mol. The molecule has 0 radical (unpaired) electrons. The highest BCUT2D eigenvalue weighted by atomic mass is 16.5. The predicted molar refractivity (Wildman–Crippen MR) is 131 cm³/mol. The van der Waals surface area contributed by atoms with E-state index in [0.29, 0.717) is 63.0 Å². The van der Waals surface area contributed by atoms with Crippen LogP contribution < -0.4 is 21.1 Å². The number of hydrazone groups is 1. The number of hydrogen-bond donors (Lipinski definition) is 4. The van der Waals surface area contributed by atoms with Crippen LogP contribution in [0.5, 0.6) is 5.75 Å². The number of amides is 2. The Morgan fingerprint density at radius 2 is 1.97 bits per heavy atom. The van der Waals surface area contributed by atoms with Crippen molar-refractivity contribution in [1.29, 1.82) is 0 Å². The third-order valence-electron chi connectivity index (χ3n) is 5.65. The molecule has 5 N–H and O–H groups in total. The minimum atomic E-state index is -1.07. The number of carbonyl (C=O) groups is 2. The highest BCUT2D eigenvalue weighted by Crippen LogP contribution is 2.31. The Labute approximate surface area is 209 Å². The molecule has 2 aliphatic rings. The van der Waals surface area contributed by atoms with E-state index in [1.165, 1.54) is 5.01 Å². The number of piperidine rings is 1. The summed E-state index contributed by atoms with van der Waals surface area (Å²) in [5.74, 6) is -0.123. The first kappa shape index (κ1) is 25.2. The monoisotopic (exact) mass is 495 g/mol. The highest BCUT2D eigenvalue weighted by Gasteiger charge is 2.36. The number of nitrogens with two attached hydrogens (primary N) is 1. The van der Waals surface area contributed by atoms with Crippen LogP contribution in [-0.2, 0) is 19.1 Å². The Balaban J connectivity index is 1.11. The lowest BCUT2D eigenvalue weighted by atomic mass is 10.0. The molecule has 190 valence electrons. The lowest BCUT2D eigenvalue weighted by Gasteiger charge is -2.36. The summed E-state index contributed by atoms with van der Waals surface area (Å²) < 4.78 is 16.6. The van der Waals surface area contributed by atoms with Gasteiger partial charge >= 0.3 is 0 Å². The molecule has 2 aromatic rings. The van der Waals surface area contributed by atoms with Crippen molar-refractivity contribution in [3.8, 4) is 5.75 Å². The van der Waals surface area contributed by atoms with Crippen molar-refractivity contribution < 1.29 is 28.9 Å². The van der Waals surface area contributed by atoms with E-state index < -0.39 is 18.2 Å². The van der Waals surface area contributed by atoms with Crippen LogP contribution in [-0.4, -0.2) is 73.8 Å². The zero-order valence-electron chi connectivity index (χ0n) is 19.7. The van der Waals surface area contributed by atoms with E-state index in [1.54, 1.807) is 24.4 Å². The maximum atomic E-state index is 12.1. The molecule has 36 heavy (non-hydrogen) atoms. The number of fused-ring (bicyclic) bond motifs is 1. The van der Waals surface area contributed by atoms with Gasteiger partial charge in [0.05, 0.1) is 38.3 Å². The smallest absolute Gasteiger partial charge is 0.251 e. The lowest BCUT2D eigenvalue weighted by Crippen LogP contribution is -2.52. The van der Waals surface area contributed by atoms with E-state index in [1.807, 2.05) is 12.1 Å². The minimum absolute atomic E-state index is 0.218. The average Bonchev–Trinajstić information content (AvgIpc) is 2.86. The number of hydrogen-bond acceptors (Lipinski definition) is 10. The Hall–Kier alpha value is -3.85. The number of aliphatic hydroxyl groups excluding tert-OH is 1. The summed E-state index contributed by atoms with van der Waals surface area (Å²) in [6, 6.07) is 13.7. The molecule has 4 rings (SSSR count). The summed E-state index contributed by atoms with van der Waals surface area (Å²) in [6.07, 6.45) is 1.07. The fourth-order valence-electron chi connectivity index (χ4n) is 3.86. The van der Waals surface area contributed by atoms with Crippen LogP contribution in [0.1, 0.15) is 30.2 Å². The van der Waals surface area contributed by atoms with Crippen molar-refractivity contribution >= 4 is 29.4 Å². The molecular formula is C25H29N5O6. The van der Waals surface area contributed by atoms with E-state index in [4.69, 9.17) is 19.9 Å². The van der Waals surface area contributed by atoms with E-state index in [-0.39, 0.29) is 12.3 Å². The SMILES string of the molecule is Nc1c#ccc(OCCOCCOCCNc2ccc3c(c2)C=NN(C2CCC(=O)NC2=O)C3O)c1. The average molecular weight is 496 g/mol. The van der Waals surface area contributed by atoms with Gasteiger partial charge < -0.3 is 30.4 Å². The molecule has 0 bridgehead atoms. The molecule has 11 nitrogen and oxygen atoms in total. The number of benzene rings is 1. The van der Waals surface area contributed by atoms with Crippen molar-refractivity contribution in [2.45, 2.75) is 25.1 Å². The van der Waals surface area contributed by atoms with Gasteiger partial charge in [-0.15, -0.1) is 0 Å². The number of nitrogens with zero attached hydrogens (tertiary/aromatic N) is 2. The van der Waals surface area contributed by atoms with Gasteiger partial charge in [-0.2, -0.15) is 5.10 Å². The molecule has 2 heterocycles. The van der Waals surface area contributed by atoms with E-state index >= 15 is 0 Å². The van der Waals surface area contributed by atoms with Crippen molar-refractivity contribution in [2.24, 2.45) is 5.10 Å². The number of nitrogen functional groups attached to an aromatic ring is 1. The Kier molecular flexibility index (Phi) is 8.57. The van der Waals surface area contributed by atoms with Crippen molar-refractivity contribution in [3.05, 3.63) is 53.6 Å². The Morgan fingerprint density at radius 3 is 2.78 bits per heavy atom. The van der Waals surface area contributed by atoms with Crippen LogP contribution in [0.2, 0.25) is 0 Å². The quantitative estimate of drug-likeness (QED) is 0.248. The van der Waals surface area contributed by atoms with E-state index in [2.05, 4.69) is 27.9 Å². The van der Waals surface area contributed by atoms with Crippen LogP contribution in [0.4, 0.5) is 11.4 Å². The van der Waals surface area contributed by atoms with Gasteiger partial charge in [-0.25, -0.2) is 0 Å². The maximum absolute atomic E-state index is 12.1. The molecule has 2 amide bonds. The molecule has 2 aliphatic heterocycles. The topological polar surface area (TPSA) is 148 Å². The Morgan fingerprint density at radius 1 is 1.17 bits per heavy atom. The molecule has 1 saturated heterocycles. The number of nitrogens with one attached hydrogen (secondary N) is 2. The molecule has 0 aromatic heterocycles. The van der Waals surface area contributed by atoms with Crippen molar-refractivity contribution in [1.82, 2.24) is 10.3 Å². The molecule has 1 fully saturated rings. The number of carbonyl (C=O) groups excluding carboxylic acids is 2. The lowest BCUT2D eigenvalue weighted by molar-refractivity contribution is -0.142. The highest BCUT2D eigenvalue weighted by molar-refractivity contribution is 6.00. The van der Waals surface area contributed by atoms with Crippen LogP contribution in [0, 0.1) is 12.1 Å². The zero-order chi connectivity index (χ0) is 25.3. The van der Waals surface area contributed by atoms with Gasteiger partial charge in [-0.3, -0.25) is 19.9 Å². The van der Waals surface area contributed by atoms with Crippen LogP contribution >= 0.6 is 0 Å².